The van der Waals surface area contributed by atoms with Gasteiger partial charge >= 0.3 is 35.5 Å². The van der Waals surface area contributed by atoms with Crippen molar-refractivity contribution < 1.29 is 52.4 Å². The third-order valence-electron chi connectivity index (χ3n) is 2.49. The molecule has 0 aliphatic rings. The third-order valence-corrected chi connectivity index (χ3v) is 2.49. The maximum atomic E-state index is 10.2. The van der Waals surface area contributed by atoms with Crippen molar-refractivity contribution in [1.29, 1.82) is 0 Å². The summed E-state index contributed by atoms with van der Waals surface area (Å²) in [6.07, 6.45) is 12.1. The smallest absolute Gasteiger partial charge is 0.748 e. The molecule has 0 fully saturated rings. The van der Waals surface area contributed by atoms with Crippen molar-refractivity contribution in [3.8, 4) is 0 Å². The zero-order chi connectivity index (χ0) is 15.1. The minimum atomic E-state index is -3.92. The first-order valence-corrected chi connectivity index (χ1v) is 8.71. The Morgan fingerprint density at radius 1 is 0.950 bits per heavy atom. The number of carboxylic acids is 1. The molecule has 1 N–H and O–H groups in total. The minimum Gasteiger partial charge on any atom is -0.748 e. The number of hydrogen-bond donors (Lipinski definition) is 1. The summed E-state index contributed by atoms with van der Waals surface area (Å²) < 4.78 is 27.2. The fourth-order valence-corrected chi connectivity index (χ4v) is 1.59. The molecule has 0 saturated heterocycles. The summed E-state index contributed by atoms with van der Waals surface area (Å²) in [6.45, 7) is 2.23. The molecule has 0 aromatic carbocycles. The molecule has 0 heterocycles. The molecule has 0 unspecified atom stereocenters. The third kappa shape index (κ3) is 42.9. The van der Waals surface area contributed by atoms with Gasteiger partial charge in [-0.25, -0.2) is 8.42 Å². The largest absolute Gasteiger partial charge is 1.00 e. The molecule has 0 bridgehead atoms. The molecule has 5 nitrogen and oxygen atoms in total. The van der Waals surface area contributed by atoms with Gasteiger partial charge in [-0.3, -0.25) is 4.79 Å². The number of hydrogen-bond acceptors (Lipinski definition) is 4. The van der Waals surface area contributed by atoms with E-state index in [4.69, 9.17) is 18.1 Å². The van der Waals surface area contributed by atoms with Gasteiger partial charge in [-0.15, -0.1) is 0 Å². The summed E-state index contributed by atoms with van der Waals surface area (Å²) in [5.74, 6) is -0.659. The van der Waals surface area contributed by atoms with E-state index in [-0.39, 0.29) is 29.6 Å². The Bertz CT molecular complexity index is 296. The van der Waals surface area contributed by atoms with Crippen LogP contribution >= 0.6 is 0 Å². The predicted octanol–water partition coefficient (Wildman–Crippen LogP) is 0.157. The minimum absolute atomic E-state index is 0. The van der Waals surface area contributed by atoms with E-state index in [9.17, 15) is 4.79 Å². The van der Waals surface area contributed by atoms with Crippen LogP contribution in [-0.2, 0) is 14.9 Å². The molecule has 116 valence electrons. The van der Waals surface area contributed by atoms with Gasteiger partial charge in [0.25, 0.3) is 0 Å². The van der Waals surface area contributed by atoms with Crippen molar-refractivity contribution in [3.63, 3.8) is 0 Å². The quantitative estimate of drug-likeness (QED) is 0.352. The van der Waals surface area contributed by atoms with Crippen molar-refractivity contribution >= 4 is 16.1 Å². The molecule has 20 heavy (non-hydrogen) atoms. The van der Waals surface area contributed by atoms with Crippen LogP contribution in [0.25, 0.3) is 0 Å². The second-order valence-electron chi connectivity index (χ2n) is 4.68. The van der Waals surface area contributed by atoms with Crippen LogP contribution in [0.2, 0.25) is 0 Å². The first kappa shape index (κ1) is 25.3. The number of unbranched alkanes of at least 4 members (excludes halogenated alkanes) is 8. The van der Waals surface area contributed by atoms with E-state index >= 15 is 0 Å². The van der Waals surface area contributed by atoms with Crippen LogP contribution in [-0.4, -0.2) is 30.3 Å². The summed E-state index contributed by atoms with van der Waals surface area (Å²) in [4.78, 5) is 10.2. The average molecular weight is 318 g/mol. The van der Waals surface area contributed by atoms with E-state index in [2.05, 4.69) is 6.92 Å². The number of carbonyl (C=O) groups is 1. The van der Waals surface area contributed by atoms with Crippen LogP contribution < -0.4 is 29.6 Å². The van der Waals surface area contributed by atoms with Crippen molar-refractivity contribution in [1.82, 2.24) is 0 Å². The first-order valence-electron chi connectivity index (χ1n) is 6.90. The van der Waals surface area contributed by atoms with Gasteiger partial charge in [0.05, 0.1) is 10.1 Å². The van der Waals surface area contributed by atoms with Crippen molar-refractivity contribution in [2.75, 3.05) is 6.26 Å². The van der Waals surface area contributed by atoms with E-state index in [0.717, 1.165) is 12.8 Å². The Morgan fingerprint density at radius 3 is 1.55 bits per heavy atom. The molecule has 0 amide bonds. The molecule has 0 aromatic heterocycles. The van der Waals surface area contributed by atoms with Crippen LogP contribution in [0.5, 0.6) is 0 Å². The summed E-state index contributed by atoms with van der Waals surface area (Å²) in [7, 11) is -3.92. The Morgan fingerprint density at radius 2 is 1.25 bits per heavy atom. The molecule has 7 heteroatoms. The summed E-state index contributed by atoms with van der Waals surface area (Å²) in [6, 6.07) is 0. The van der Waals surface area contributed by atoms with Gasteiger partial charge in [0.2, 0.25) is 0 Å². The predicted molar refractivity (Wildman–Crippen MR) is 75.1 cm³/mol. The van der Waals surface area contributed by atoms with Gasteiger partial charge in [-0.1, -0.05) is 58.3 Å². The van der Waals surface area contributed by atoms with Crippen LogP contribution in [0, 0.1) is 0 Å². The SMILES string of the molecule is CCCCCCCCCCCC(=O)O.CS(=O)(=O)[O-].[Na+]. The van der Waals surface area contributed by atoms with Gasteiger partial charge in [-0.05, 0) is 6.42 Å². The summed E-state index contributed by atoms with van der Waals surface area (Å²) in [5.41, 5.74) is 0. The van der Waals surface area contributed by atoms with E-state index in [0.29, 0.717) is 12.7 Å². The van der Waals surface area contributed by atoms with E-state index in [1.54, 1.807) is 0 Å². The number of rotatable bonds is 10. The molecule has 0 aliphatic carbocycles. The Labute approximate surface area is 145 Å². The number of aliphatic carboxylic acids is 1. The molecule has 0 radical (unpaired) electrons. The Hall–Kier alpha value is 0.380. The Balaban J connectivity index is -0.000000414. The van der Waals surface area contributed by atoms with E-state index in [1.807, 2.05) is 0 Å². The van der Waals surface area contributed by atoms with E-state index in [1.165, 1.54) is 44.9 Å². The van der Waals surface area contributed by atoms with E-state index < -0.39 is 16.1 Å². The second-order valence-corrected chi connectivity index (χ2v) is 6.08. The number of carboxylic acid groups (broad SMARTS) is 1. The normalized spacial score (nSPS) is 10.2. The Kier molecular flexibility index (Phi) is 22.1. The fraction of sp³-hybridized carbons (Fsp3) is 0.923. The average Bonchev–Trinajstić information content (AvgIpc) is 2.24. The van der Waals surface area contributed by atoms with Gasteiger partial charge in [0.1, 0.15) is 0 Å². The van der Waals surface area contributed by atoms with Gasteiger partial charge in [0, 0.05) is 12.7 Å². The summed E-state index contributed by atoms with van der Waals surface area (Å²) in [5, 5.41) is 8.41. The maximum Gasteiger partial charge on any atom is 1.00 e. The van der Waals surface area contributed by atoms with Gasteiger partial charge in [0.15, 0.2) is 0 Å². The van der Waals surface area contributed by atoms with Crippen molar-refractivity contribution in [3.05, 3.63) is 0 Å². The molecule has 0 aliphatic heterocycles. The van der Waals surface area contributed by atoms with Gasteiger partial charge < -0.3 is 9.66 Å². The second kappa shape index (κ2) is 17.4. The van der Waals surface area contributed by atoms with Crippen LogP contribution in [0.4, 0.5) is 0 Å². The van der Waals surface area contributed by atoms with Gasteiger partial charge in [-0.2, -0.15) is 0 Å². The fourth-order valence-electron chi connectivity index (χ4n) is 1.59. The van der Waals surface area contributed by atoms with Crippen molar-refractivity contribution in [2.45, 2.75) is 71.1 Å². The van der Waals surface area contributed by atoms with Crippen LogP contribution in [0.3, 0.4) is 0 Å². The standard InChI is InChI=1S/C12H24O2.CH4O3S.Na/c1-2-3-4-5-6-7-8-9-10-11-12(13)14;1-5(2,3)4;/h2-11H2,1H3,(H,13,14);1H3,(H,2,3,4);/q;;+1/p-1. The monoisotopic (exact) mass is 318 g/mol. The van der Waals surface area contributed by atoms with Crippen LogP contribution in [0.15, 0.2) is 0 Å². The molecule has 0 saturated carbocycles. The topological polar surface area (TPSA) is 94.5 Å². The molecule has 0 atom stereocenters. The molecular formula is C13H27NaO5S. The van der Waals surface area contributed by atoms with Crippen LogP contribution in [0.1, 0.15) is 71.1 Å². The zero-order valence-corrected chi connectivity index (χ0v) is 15.9. The maximum absolute atomic E-state index is 10.2. The summed E-state index contributed by atoms with van der Waals surface area (Å²) >= 11 is 0. The molecule has 0 spiro atoms. The molecule has 0 rings (SSSR count). The van der Waals surface area contributed by atoms with Crippen molar-refractivity contribution in [2.24, 2.45) is 0 Å². The first-order chi connectivity index (χ1) is 8.77. The zero-order valence-electron chi connectivity index (χ0n) is 13.1. The molecule has 0 aromatic rings. The molecular weight excluding hydrogens is 291 g/mol.